The maximum atomic E-state index is 10.7. The van der Waals surface area contributed by atoms with Gasteiger partial charge in [0.1, 0.15) is 42.4 Å². The van der Waals surface area contributed by atoms with Crippen LogP contribution in [0.5, 0.6) is 5.75 Å². The minimum Gasteiger partial charge on any atom is -0.491 e. The van der Waals surface area contributed by atoms with Crippen LogP contribution in [-0.2, 0) is 4.74 Å². The van der Waals surface area contributed by atoms with Gasteiger partial charge in [-0.2, -0.15) is 0 Å². The fraction of sp³-hybridized carbons (Fsp3) is 0.250. The Balaban J connectivity index is 1.49. The lowest BCUT2D eigenvalue weighted by Crippen LogP contribution is -2.40. The molecular weight excluding hydrogens is 468 g/mol. The number of ether oxygens (including phenoxy) is 2. The van der Waals surface area contributed by atoms with Crippen molar-refractivity contribution < 1.29 is 19.7 Å². The van der Waals surface area contributed by atoms with E-state index in [9.17, 15) is 10.2 Å². The first-order valence-electron chi connectivity index (χ1n) is 9.33. The first kappa shape index (κ1) is 21.2. The number of methoxy groups -OCH3 is 1. The van der Waals surface area contributed by atoms with Crippen LogP contribution in [0.2, 0.25) is 0 Å². The number of aromatic nitrogens is 4. The van der Waals surface area contributed by atoms with Crippen molar-refractivity contribution in [2.75, 3.05) is 25.2 Å². The third kappa shape index (κ3) is 4.12. The summed E-state index contributed by atoms with van der Waals surface area (Å²) in [7, 11) is 1.43. The molecule has 1 aromatic carbocycles. The Morgan fingerprint density at radius 2 is 1.97 bits per heavy atom. The SMILES string of the molecule is CO[C@H](COc1ccc2cc(Br)c(N)nc2c1)[C@@H](O)[C@@H](O)n1ccc(N)c2ncnc1-2. The molecule has 10 nitrogen and oxygen atoms in total. The zero-order chi connectivity index (χ0) is 22.1. The van der Waals surface area contributed by atoms with Crippen molar-refractivity contribution in [1.29, 1.82) is 0 Å². The van der Waals surface area contributed by atoms with Crippen molar-refractivity contribution in [1.82, 2.24) is 19.5 Å². The standard InChI is InChI=1S/C20H21BrN6O4/c1-30-15(8-31-11-3-2-10-6-12(21)18(23)26-14(10)7-11)17(28)20(29)27-5-4-13(22)16-19(27)25-9-24-16/h2-7,9,15,17,20,28-29H,8,22H2,1H3,(H2,23,26)/t15-,17-,20-/m1/s1. The Morgan fingerprint density at radius 3 is 2.74 bits per heavy atom. The highest BCUT2D eigenvalue weighted by Crippen LogP contribution is 2.29. The highest BCUT2D eigenvalue weighted by molar-refractivity contribution is 9.10. The molecular formula is C20H21BrN6O4. The maximum absolute atomic E-state index is 10.7. The smallest absolute Gasteiger partial charge is 0.164 e. The molecule has 2 aliphatic rings. The number of nitrogens with zero attached hydrogens (tertiary/aromatic N) is 4. The third-order valence-corrected chi connectivity index (χ3v) is 5.60. The quantitative estimate of drug-likeness (QED) is 0.304. The number of fused-ring (bicyclic) bond motifs is 2. The molecule has 2 aromatic rings. The van der Waals surface area contributed by atoms with E-state index in [0.717, 1.165) is 5.39 Å². The highest BCUT2D eigenvalue weighted by atomic mass is 79.9. The molecule has 31 heavy (non-hydrogen) atoms. The second-order valence-electron chi connectivity index (χ2n) is 6.92. The molecule has 11 heteroatoms. The van der Waals surface area contributed by atoms with Crippen molar-refractivity contribution in [3.8, 4) is 17.3 Å². The molecule has 3 heterocycles. The normalized spacial score (nSPS) is 14.6. The largest absolute Gasteiger partial charge is 0.491 e. The van der Waals surface area contributed by atoms with Gasteiger partial charge < -0.3 is 35.7 Å². The van der Waals surface area contributed by atoms with Crippen molar-refractivity contribution in [3.63, 3.8) is 0 Å². The minimum absolute atomic E-state index is 0.0163. The van der Waals surface area contributed by atoms with Crippen LogP contribution < -0.4 is 16.2 Å². The van der Waals surface area contributed by atoms with Crippen LogP contribution in [-0.4, -0.2) is 55.7 Å². The minimum atomic E-state index is -1.36. The van der Waals surface area contributed by atoms with Crippen molar-refractivity contribution in [2.45, 2.75) is 18.4 Å². The second-order valence-corrected chi connectivity index (χ2v) is 7.78. The summed E-state index contributed by atoms with van der Waals surface area (Å²) < 4.78 is 13.3. The summed E-state index contributed by atoms with van der Waals surface area (Å²) in [5.41, 5.74) is 13.3. The molecule has 0 amide bonds. The number of halogens is 1. The number of hydrogen-bond acceptors (Lipinski definition) is 9. The summed E-state index contributed by atoms with van der Waals surface area (Å²) in [6.45, 7) is -0.0163. The molecule has 0 radical (unpaired) electrons. The van der Waals surface area contributed by atoms with Gasteiger partial charge in [-0.05, 0) is 40.2 Å². The first-order valence-corrected chi connectivity index (χ1v) is 10.1. The van der Waals surface area contributed by atoms with Gasteiger partial charge >= 0.3 is 0 Å². The first-order chi connectivity index (χ1) is 14.9. The van der Waals surface area contributed by atoms with Gasteiger partial charge in [-0.1, -0.05) is 0 Å². The summed E-state index contributed by atoms with van der Waals surface area (Å²) in [4.78, 5) is 12.5. The Hall–Kier alpha value is -2.99. The number of rotatable bonds is 7. The Bertz CT molecular complexity index is 1190. The van der Waals surface area contributed by atoms with Crippen LogP contribution in [0.4, 0.5) is 11.5 Å². The van der Waals surface area contributed by atoms with Crippen molar-refractivity contribution >= 4 is 38.3 Å². The summed E-state index contributed by atoms with van der Waals surface area (Å²) in [5.74, 6) is 1.25. The molecule has 2 aliphatic heterocycles. The van der Waals surface area contributed by atoms with Gasteiger partial charge in [0.15, 0.2) is 12.1 Å². The van der Waals surface area contributed by atoms with E-state index in [1.807, 2.05) is 12.1 Å². The van der Waals surface area contributed by atoms with E-state index < -0.39 is 18.4 Å². The third-order valence-electron chi connectivity index (χ3n) is 4.97. The van der Waals surface area contributed by atoms with Gasteiger partial charge in [0.25, 0.3) is 0 Å². The summed E-state index contributed by atoms with van der Waals surface area (Å²) in [5, 5.41) is 22.4. The maximum Gasteiger partial charge on any atom is 0.164 e. The zero-order valence-corrected chi connectivity index (χ0v) is 18.1. The lowest BCUT2D eigenvalue weighted by molar-refractivity contribution is -0.114. The van der Waals surface area contributed by atoms with E-state index in [1.165, 1.54) is 24.2 Å². The molecule has 6 N–H and O–H groups in total. The molecule has 0 bridgehead atoms. The van der Waals surface area contributed by atoms with Crippen molar-refractivity contribution in [2.24, 2.45) is 0 Å². The zero-order valence-electron chi connectivity index (χ0n) is 16.5. The topological polar surface area (TPSA) is 155 Å². The number of imidazole rings is 1. The average Bonchev–Trinajstić information content (AvgIpc) is 3.25. The summed E-state index contributed by atoms with van der Waals surface area (Å²) in [6, 6.07) is 8.82. The number of nitrogens with two attached hydrogens (primary N) is 2. The number of anilines is 2. The molecule has 4 rings (SSSR count). The number of benzene rings is 1. The van der Waals surface area contributed by atoms with E-state index in [2.05, 4.69) is 30.9 Å². The number of aliphatic hydroxyl groups is 2. The van der Waals surface area contributed by atoms with E-state index in [1.54, 1.807) is 18.2 Å². The van der Waals surface area contributed by atoms with Crippen molar-refractivity contribution in [3.05, 3.63) is 47.3 Å². The Labute approximate surface area is 185 Å². The predicted octanol–water partition coefficient (Wildman–Crippen LogP) is 1.80. The molecule has 0 spiro atoms. The lowest BCUT2D eigenvalue weighted by atomic mass is 10.1. The van der Waals surface area contributed by atoms with Gasteiger partial charge in [-0.15, -0.1) is 0 Å². The molecule has 0 saturated carbocycles. The number of pyridine rings is 2. The average molecular weight is 489 g/mol. The van der Waals surface area contributed by atoms with Crippen LogP contribution in [0.25, 0.3) is 22.4 Å². The Kier molecular flexibility index (Phi) is 5.92. The number of hydrogen-bond donors (Lipinski definition) is 4. The molecule has 0 fully saturated rings. The fourth-order valence-corrected chi connectivity index (χ4v) is 3.58. The fourth-order valence-electron chi connectivity index (χ4n) is 3.24. The monoisotopic (exact) mass is 488 g/mol. The van der Waals surface area contributed by atoms with E-state index >= 15 is 0 Å². The van der Waals surface area contributed by atoms with Gasteiger partial charge in [-0.3, -0.25) is 0 Å². The number of nitrogen functional groups attached to an aromatic ring is 2. The van der Waals surface area contributed by atoms with E-state index in [-0.39, 0.29) is 6.61 Å². The van der Waals surface area contributed by atoms with E-state index in [4.69, 9.17) is 20.9 Å². The van der Waals surface area contributed by atoms with Gasteiger partial charge in [0, 0.05) is 24.8 Å². The van der Waals surface area contributed by atoms with Crippen LogP contribution in [0, 0.1) is 0 Å². The summed E-state index contributed by atoms with van der Waals surface area (Å²) >= 11 is 3.35. The summed E-state index contributed by atoms with van der Waals surface area (Å²) in [6.07, 6.45) is -0.637. The Morgan fingerprint density at radius 1 is 1.16 bits per heavy atom. The van der Waals surface area contributed by atoms with Gasteiger partial charge in [-0.25, -0.2) is 15.0 Å². The number of aliphatic hydroxyl groups excluding tert-OH is 2. The van der Waals surface area contributed by atoms with Crippen LogP contribution in [0.1, 0.15) is 6.23 Å². The van der Waals surface area contributed by atoms with E-state index in [0.29, 0.717) is 38.8 Å². The van der Waals surface area contributed by atoms with Crippen LogP contribution in [0.3, 0.4) is 0 Å². The van der Waals surface area contributed by atoms with Gasteiger partial charge in [0.2, 0.25) is 0 Å². The molecule has 162 valence electrons. The van der Waals surface area contributed by atoms with Crippen LogP contribution in [0.15, 0.2) is 47.3 Å². The second kappa shape index (κ2) is 8.63. The molecule has 0 unspecified atom stereocenters. The lowest BCUT2D eigenvalue weighted by Gasteiger charge is -2.28. The molecule has 0 aliphatic carbocycles. The molecule has 3 atom stereocenters. The molecule has 1 aromatic heterocycles. The van der Waals surface area contributed by atoms with Gasteiger partial charge in [0.05, 0.1) is 15.7 Å². The highest BCUT2D eigenvalue weighted by Gasteiger charge is 2.30. The predicted molar refractivity (Wildman–Crippen MR) is 118 cm³/mol. The van der Waals surface area contributed by atoms with Crippen LogP contribution >= 0.6 is 15.9 Å². The molecule has 0 saturated heterocycles.